The summed E-state index contributed by atoms with van der Waals surface area (Å²) in [5.41, 5.74) is 13.7. The number of piperazine rings is 2. The number of benzene rings is 6. The molecule has 0 saturated carbocycles. The van der Waals surface area contributed by atoms with E-state index in [1.165, 1.54) is 25.2 Å². The van der Waals surface area contributed by atoms with E-state index in [0.717, 1.165) is 170 Å². The molecule has 4 fully saturated rings. The van der Waals surface area contributed by atoms with Crippen molar-refractivity contribution < 1.29 is 51.7 Å². The molecule has 0 bridgehead atoms. The maximum atomic E-state index is 15.2. The van der Waals surface area contributed by atoms with E-state index in [-0.39, 0.29) is 67.7 Å². The van der Waals surface area contributed by atoms with Gasteiger partial charge < -0.3 is 56.2 Å². The summed E-state index contributed by atoms with van der Waals surface area (Å²) in [6.07, 6.45) is 9.29. The molecule has 0 unspecified atom stereocenters. The van der Waals surface area contributed by atoms with Crippen molar-refractivity contribution in [3.8, 4) is 22.3 Å². The molecular formula is C90H110F2N16O9. The van der Waals surface area contributed by atoms with Crippen molar-refractivity contribution in [3.05, 3.63) is 225 Å². The number of nitrogens with zero attached hydrogens (tertiary/aromatic N) is 9. The van der Waals surface area contributed by atoms with Gasteiger partial charge in [-0.2, -0.15) is 10.2 Å². The number of amides is 4. The number of aromatic nitrogens is 6. The van der Waals surface area contributed by atoms with Crippen LogP contribution in [0.5, 0.6) is 0 Å². The quantitative estimate of drug-likeness (QED) is 0.0199. The molecule has 10 aromatic rings. The number of aldehydes is 1. The van der Waals surface area contributed by atoms with Gasteiger partial charge in [-0.25, -0.2) is 28.1 Å². The average Bonchev–Trinajstić information content (AvgIpc) is 1.60. The molecule has 0 spiro atoms. The second kappa shape index (κ2) is 42.9. The van der Waals surface area contributed by atoms with Crippen molar-refractivity contribution in [1.29, 1.82) is 0 Å². The largest absolute Gasteiger partial charge is 0.383 e. The number of fused-ring (bicyclic) bond motifs is 2. The zero-order chi connectivity index (χ0) is 82.0. The molecule has 0 radical (unpaired) electrons. The van der Waals surface area contributed by atoms with Crippen LogP contribution in [0.15, 0.2) is 146 Å². The summed E-state index contributed by atoms with van der Waals surface area (Å²) in [4.78, 5) is 82.0. The molecule has 0 aliphatic carbocycles. The SMILES string of the molecule is CCc1nc2c(cnn2CC)c(NC2CCOCC2)c1CNC(=O)c1cccc(C(=O)NCc2ccc(F)c(-c3cccc(C=O)c3)c2)c1.CCc1nc2c(cnn2CC)c(NC2CCOCC2)c1CNC(=O)c1cccc(C(=O)NCc2ccc(F)c(-c3cccc(CN4CCN(CCOC)CC4)c3)c2)c1.COCCN1CCNCC1. The molecule has 4 saturated heterocycles. The number of carbonyl (C=O) groups excluding carboxylic acids is 5. The number of pyridine rings is 2. The molecular weight excluding hydrogens is 1490 g/mol. The molecule has 4 amide bonds. The van der Waals surface area contributed by atoms with Crippen LogP contribution in [0.3, 0.4) is 0 Å². The number of rotatable bonds is 31. The molecule has 4 aliphatic heterocycles. The number of ether oxygens (including phenoxy) is 4. The highest BCUT2D eigenvalue weighted by molar-refractivity contribution is 6.01. The standard InChI is InChI=1S/C45H55FN8O4.C38H39FN6O4.C7H16N2O/c1-4-41-38(42(50-36-14-21-58-22-15-36)39-29-49-54(5-2)43(39)51-41)28-48-45(56)35-11-7-10-34(26-35)44(55)47-27-31-12-13-40(46)37(25-31)33-9-6-8-32(24-33)30-53-18-16-52(17-19-53)20-23-57-3;1-3-34-31(35(43-29-13-15-49-16-14-29)32-22-42-45(4-2)36(32)44-34)21-41-38(48)28-10-6-9-27(19-28)37(47)40-20-24-11-12-33(39)30(18-24)26-8-5-7-25(17-26)23-46;1-10-7-6-9-4-2-8-3-5-9/h6-13,24-26,29,36H,4-5,14-23,27-28,30H2,1-3H3,(H,47,55)(H,48,56)(H,50,51);5-12,17-19,22-23,29H,3-4,13-16,20-21H2,1-2H3,(H,40,47)(H,41,48)(H,43,44);8H,2-7H2,1H3. The Morgan fingerprint density at radius 3 is 1.35 bits per heavy atom. The lowest BCUT2D eigenvalue weighted by Crippen LogP contribution is -2.46. The minimum Gasteiger partial charge on any atom is -0.383 e. The maximum Gasteiger partial charge on any atom is 0.251 e. The van der Waals surface area contributed by atoms with Gasteiger partial charge in [0.15, 0.2) is 11.3 Å². The third-order valence-electron chi connectivity index (χ3n) is 21.8. The molecule has 6 aromatic carbocycles. The first-order valence-electron chi connectivity index (χ1n) is 41.0. The number of anilines is 2. The van der Waals surface area contributed by atoms with Gasteiger partial charge in [0, 0.05) is 225 Å². The topological polar surface area (TPSA) is 278 Å². The molecule has 27 heteroatoms. The lowest BCUT2D eigenvalue weighted by Gasteiger charge is -2.34. The Morgan fingerprint density at radius 2 is 0.915 bits per heavy atom. The van der Waals surface area contributed by atoms with Gasteiger partial charge >= 0.3 is 0 Å². The van der Waals surface area contributed by atoms with E-state index < -0.39 is 5.82 Å². The highest BCUT2D eigenvalue weighted by Crippen LogP contribution is 2.35. The Labute approximate surface area is 683 Å². The number of nitrogens with one attached hydrogen (secondary N) is 7. The van der Waals surface area contributed by atoms with Crippen molar-refractivity contribution in [1.82, 2.24) is 70.8 Å². The normalized spacial score (nSPS) is 15.0. The van der Waals surface area contributed by atoms with Crippen LogP contribution >= 0.6 is 0 Å². The third kappa shape index (κ3) is 22.9. The van der Waals surface area contributed by atoms with E-state index in [2.05, 4.69) is 81.2 Å². The first-order valence-corrected chi connectivity index (χ1v) is 41.0. The predicted molar refractivity (Wildman–Crippen MR) is 451 cm³/mol. The first kappa shape index (κ1) is 85.6. The van der Waals surface area contributed by atoms with E-state index in [1.807, 2.05) is 54.7 Å². The van der Waals surface area contributed by atoms with Gasteiger partial charge in [-0.15, -0.1) is 0 Å². The van der Waals surface area contributed by atoms with Gasteiger partial charge in [0.2, 0.25) is 0 Å². The minimum atomic E-state index is -0.430. The molecule has 4 aliphatic rings. The van der Waals surface area contributed by atoms with E-state index in [0.29, 0.717) is 109 Å². The van der Waals surface area contributed by atoms with E-state index in [1.54, 1.807) is 111 Å². The highest BCUT2D eigenvalue weighted by atomic mass is 19.1. The third-order valence-corrected chi connectivity index (χ3v) is 21.8. The van der Waals surface area contributed by atoms with E-state index in [4.69, 9.17) is 28.9 Å². The molecule has 7 N–H and O–H groups in total. The van der Waals surface area contributed by atoms with Crippen LogP contribution < -0.4 is 37.2 Å². The fourth-order valence-corrected chi connectivity index (χ4v) is 15.1. The molecule has 0 atom stereocenters. The molecule has 4 aromatic heterocycles. The smallest absolute Gasteiger partial charge is 0.251 e. The predicted octanol–water partition coefficient (Wildman–Crippen LogP) is 11.7. The second-order valence-electron chi connectivity index (χ2n) is 29.6. The number of halogens is 2. The fourth-order valence-electron chi connectivity index (χ4n) is 15.1. The number of hydrogen-bond acceptors (Lipinski definition) is 19. The molecule has 14 rings (SSSR count). The zero-order valence-corrected chi connectivity index (χ0v) is 68.0. The Hall–Kier alpha value is -10.8. The van der Waals surface area contributed by atoms with Crippen molar-refractivity contribution >= 4 is 63.4 Å². The minimum absolute atomic E-state index is 0.142. The van der Waals surface area contributed by atoms with Gasteiger partial charge in [0.1, 0.15) is 17.9 Å². The van der Waals surface area contributed by atoms with Gasteiger partial charge in [0.05, 0.1) is 47.8 Å². The van der Waals surface area contributed by atoms with Crippen LogP contribution in [0.4, 0.5) is 20.2 Å². The lowest BCUT2D eigenvalue weighted by molar-refractivity contribution is 0.0903. The van der Waals surface area contributed by atoms with Crippen LogP contribution in [0.25, 0.3) is 44.3 Å². The summed E-state index contributed by atoms with van der Waals surface area (Å²) in [6.45, 7) is 26.2. The number of carbonyl (C=O) groups is 5. The zero-order valence-electron chi connectivity index (χ0n) is 68.0. The Bertz CT molecular complexity index is 5010. The van der Waals surface area contributed by atoms with Crippen molar-refractivity contribution in [2.24, 2.45) is 0 Å². The molecule has 618 valence electrons. The lowest BCUT2D eigenvalue weighted by atomic mass is 10.00. The van der Waals surface area contributed by atoms with Gasteiger partial charge in [-0.1, -0.05) is 74.5 Å². The Balaban J connectivity index is 0.000000194. The Morgan fingerprint density at radius 1 is 0.496 bits per heavy atom. The summed E-state index contributed by atoms with van der Waals surface area (Å²) in [5, 5.41) is 33.7. The molecule has 25 nitrogen and oxygen atoms in total. The summed E-state index contributed by atoms with van der Waals surface area (Å²) >= 11 is 0. The van der Waals surface area contributed by atoms with Crippen LogP contribution in [0.1, 0.15) is 144 Å². The summed E-state index contributed by atoms with van der Waals surface area (Å²) < 4.78 is 55.1. The highest BCUT2D eigenvalue weighted by Gasteiger charge is 2.27. The van der Waals surface area contributed by atoms with Crippen LogP contribution in [0.2, 0.25) is 0 Å². The number of methoxy groups -OCH3 is 2. The van der Waals surface area contributed by atoms with Gasteiger partial charge in [-0.05, 0) is 153 Å². The summed E-state index contributed by atoms with van der Waals surface area (Å²) in [5.74, 6) is -2.07. The van der Waals surface area contributed by atoms with Crippen molar-refractivity contribution in [2.45, 2.75) is 124 Å². The fraction of sp³-hybridized carbons (Fsp3) is 0.411. The number of hydrogen-bond donors (Lipinski definition) is 7. The van der Waals surface area contributed by atoms with Crippen LogP contribution in [-0.4, -0.2) is 206 Å². The van der Waals surface area contributed by atoms with E-state index in [9.17, 15) is 28.4 Å². The monoisotopic (exact) mass is 1600 g/mol. The van der Waals surface area contributed by atoms with E-state index >= 15 is 4.39 Å². The maximum absolute atomic E-state index is 15.2. The van der Waals surface area contributed by atoms with Crippen molar-refractivity contribution in [3.63, 3.8) is 0 Å². The first-order chi connectivity index (χ1) is 57.1. The number of aryl methyl sites for hydroxylation is 4. The van der Waals surface area contributed by atoms with Gasteiger partial charge in [0.25, 0.3) is 23.6 Å². The summed E-state index contributed by atoms with van der Waals surface area (Å²) in [7, 11) is 3.48. The van der Waals surface area contributed by atoms with Crippen LogP contribution in [-0.2, 0) is 77.6 Å². The molecule has 8 heterocycles. The van der Waals surface area contributed by atoms with Crippen LogP contribution in [0, 0.1) is 11.6 Å². The summed E-state index contributed by atoms with van der Waals surface area (Å²) in [6, 6.07) is 37.9. The van der Waals surface area contributed by atoms with Gasteiger partial charge in [-0.3, -0.25) is 38.7 Å². The Kier molecular flexibility index (Phi) is 31.4. The average molecular weight is 1600 g/mol. The van der Waals surface area contributed by atoms with Crippen molar-refractivity contribution in [2.75, 3.05) is 130 Å². The molecule has 117 heavy (non-hydrogen) atoms. The second-order valence-corrected chi connectivity index (χ2v) is 29.6.